The van der Waals surface area contributed by atoms with Crippen molar-refractivity contribution < 1.29 is 0 Å². The maximum absolute atomic E-state index is 2.18. The van der Waals surface area contributed by atoms with Crippen molar-refractivity contribution >= 4 is 10.8 Å². The van der Waals surface area contributed by atoms with E-state index in [1.54, 1.807) is 0 Å². The van der Waals surface area contributed by atoms with E-state index in [2.05, 4.69) is 64.1 Å². The minimum atomic E-state index is 1.25. The van der Waals surface area contributed by atoms with Gasteiger partial charge in [-0.1, -0.05) is 70.5 Å². The van der Waals surface area contributed by atoms with Gasteiger partial charge in [-0.15, -0.1) is 0 Å². The van der Waals surface area contributed by atoms with Gasteiger partial charge >= 0.3 is 0 Å². The third kappa shape index (κ3) is 4.60. The first-order valence-corrected chi connectivity index (χ1v) is 6.65. The van der Waals surface area contributed by atoms with E-state index in [4.69, 9.17) is 0 Å². The molecule has 0 saturated heterocycles. The van der Waals surface area contributed by atoms with Gasteiger partial charge in [-0.05, 0) is 35.7 Å². The molecule has 0 atom stereocenters. The van der Waals surface area contributed by atoms with Crippen LogP contribution in [-0.4, -0.2) is 0 Å². The van der Waals surface area contributed by atoms with Gasteiger partial charge < -0.3 is 0 Å². The fraction of sp³-hybridized carbons (Fsp3) is 0.412. The molecule has 0 aliphatic heterocycles. The van der Waals surface area contributed by atoms with Crippen molar-refractivity contribution in [2.24, 2.45) is 0 Å². The van der Waals surface area contributed by atoms with Crippen LogP contribution in [0.1, 0.15) is 45.2 Å². The topological polar surface area (TPSA) is 0 Å². The summed E-state index contributed by atoms with van der Waals surface area (Å²) in [5.74, 6) is 0. The molecule has 0 spiro atoms. The molecule has 0 nitrogen and oxygen atoms in total. The number of hydrogen-bond acceptors (Lipinski definition) is 0. The maximum Gasteiger partial charge on any atom is -0.0152 e. The summed E-state index contributed by atoms with van der Waals surface area (Å²) < 4.78 is 0. The van der Waals surface area contributed by atoms with Crippen molar-refractivity contribution in [2.75, 3.05) is 0 Å². The zero-order valence-corrected chi connectivity index (χ0v) is 12.2. The second-order valence-corrected chi connectivity index (χ2v) is 3.95. The fourth-order valence-corrected chi connectivity index (χ4v) is 1.60. The van der Waals surface area contributed by atoms with Crippen LogP contribution in [0.2, 0.25) is 0 Å². The van der Waals surface area contributed by atoms with Gasteiger partial charge in [-0.3, -0.25) is 0 Å². The Morgan fingerprint density at radius 1 is 0.706 bits per heavy atom. The van der Waals surface area contributed by atoms with Gasteiger partial charge in [0.05, 0.1) is 0 Å². The van der Waals surface area contributed by atoms with Gasteiger partial charge in [0.1, 0.15) is 0 Å². The molecule has 94 valence electrons. The quantitative estimate of drug-likeness (QED) is 0.528. The highest BCUT2D eigenvalue weighted by atomic mass is 14.0. The molecule has 0 radical (unpaired) electrons. The van der Waals surface area contributed by atoms with Crippen LogP contribution in [0, 0.1) is 13.8 Å². The Balaban J connectivity index is 0.000000450. The number of aryl methyl sites for hydroxylation is 2. The lowest BCUT2D eigenvalue weighted by molar-refractivity contribution is 1.09. The molecule has 17 heavy (non-hydrogen) atoms. The predicted molar refractivity (Wildman–Crippen MR) is 80.7 cm³/mol. The van der Waals surface area contributed by atoms with Crippen molar-refractivity contribution in [3.63, 3.8) is 0 Å². The monoisotopic (exact) mass is 230 g/mol. The molecule has 0 fully saturated rings. The molecule has 0 unspecified atom stereocenters. The van der Waals surface area contributed by atoms with Crippen molar-refractivity contribution in [1.29, 1.82) is 0 Å². The summed E-state index contributed by atoms with van der Waals surface area (Å²) in [5.41, 5.74) is 2.72. The predicted octanol–water partition coefficient (Wildman–Crippen LogP) is 5.90. The van der Waals surface area contributed by atoms with Crippen LogP contribution in [0.4, 0.5) is 0 Å². The Morgan fingerprint density at radius 2 is 1.00 bits per heavy atom. The van der Waals surface area contributed by atoms with Crippen LogP contribution >= 0.6 is 0 Å². The zero-order chi connectivity index (χ0) is 13.3. The molecule has 0 amide bonds. The molecule has 0 aromatic heterocycles. The number of rotatable bonds is 0. The normalized spacial score (nSPS) is 8.82. The number of fused-ring (bicyclic) bond motifs is 1. The molecule has 2 rings (SSSR count). The first-order valence-electron chi connectivity index (χ1n) is 6.65. The lowest BCUT2D eigenvalue weighted by Crippen LogP contribution is -1.80. The minimum absolute atomic E-state index is 1.25. The van der Waals surface area contributed by atoms with E-state index in [1.807, 2.05) is 13.8 Å². The highest BCUT2D eigenvalue weighted by molar-refractivity contribution is 5.88. The van der Waals surface area contributed by atoms with E-state index < -0.39 is 0 Å². The molecular formula is C17H26. The van der Waals surface area contributed by atoms with Crippen LogP contribution in [0.15, 0.2) is 36.4 Å². The number of hydrogen-bond donors (Lipinski definition) is 0. The molecular weight excluding hydrogens is 204 g/mol. The molecule has 0 heteroatoms. The SMILES string of the molecule is CC.CCC.Cc1ccc(C)c2ccccc12. The highest BCUT2D eigenvalue weighted by Gasteiger charge is 1.97. The smallest absolute Gasteiger partial charge is 0.0152 e. The van der Waals surface area contributed by atoms with Gasteiger partial charge in [0.2, 0.25) is 0 Å². The lowest BCUT2D eigenvalue weighted by atomic mass is 10.0. The van der Waals surface area contributed by atoms with Gasteiger partial charge in [-0.25, -0.2) is 0 Å². The highest BCUT2D eigenvalue weighted by Crippen LogP contribution is 2.20. The average molecular weight is 230 g/mol. The van der Waals surface area contributed by atoms with E-state index in [-0.39, 0.29) is 0 Å². The molecule has 0 aliphatic carbocycles. The average Bonchev–Trinajstić information content (AvgIpc) is 2.38. The Hall–Kier alpha value is -1.30. The van der Waals surface area contributed by atoms with E-state index in [1.165, 1.54) is 28.3 Å². The molecule has 2 aromatic rings. The zero-order valence-electron chi connectivity index (χ0n) is 12.2. The van der Waals surface area contributed by atoms with Crippen molar-refractivity contribution in [3.05, 3.63) is 47.5 Å². The van der Waals surface area contributed by atoms with Gasteiger partial charge in [0.15, 0.2) is 0 Å². The standard InChI is InChI=1S/C12H12.C3H8.C2H6/c1-9-7-8-10(2)12-6-4-3-5-11(9)12;1-3-2;1-2/h3-8H,1-2H3;3H2,1-2H3;1-2H3. The van der Waals surface area contributed by atoms with Crippen LogP contribution in [0.5, 0.6) is 0 Å². The molecule has 2 aromatic carbocycles. The molecule has 0 heterocycles. The third-order valence-corrected chi connectivity index (χ3v) is 2.36. The van der Waals surface area contributed by atoms with Crippen LogP contribution in [-0.2, 0) is 0 Å². The van der Waals surface area contributed by atoms with E-state index in [0.29, 0.717) is 0 Å². The molecule has 0 N–H and O–H groups in total. The Bertz CT molecular complexity index is 386. The van der Waals surface area contributed by atoms with Crippen molar-refractivity contribution in [3.8, 4) is 0 Å². The summed E-state index contributed by atoms with van der Waals surface area (Å²) in [4.78, 5) is 0. The lowest BCUT2D eigenvalue weighted by Gasteiger charge is -2.03. The van der Waals surface area contributed by atoms with E-state index in [0.717, 1.165) is 0 Å². The molecule has 0 saturated carbocycles. The van der Waals surface area contributed by atoms with Gasteiger partial charge in [0, 0.05) is 0 Å². The summed E-state index contributed by atoms with van der Waals surface area (Å²) >= 11 is 0. The first kappa shape index (κ1) is 15.7. The van der Waals surface area contributed by atoms with Crippen molar-refractivity contribution in [2.45, 2.75) is 48.0 Å². The summed E-state index contributed by atoms with van der Waals surface area (Å²) in [6, 6.07) is 12.9. The molecule has 0 bridgehead atoms. The summed E-state index contributed by atoms with van der Waals surface area (Å²) in [6.07, 6.45) is 1.25. The first-order chi connectivity index (χ1) is 8.20. The Labute approximate surface area is 107 Å². The maximum atomic E-state index is 2.18. The van der Waals surface area contributed by atoms with Gasteiger partial charge in [-0.2, -0.15) is 0 Å². The summed E-state index contributed by atoms with van der Waals surface area (Å²) in [6.45, 7) is 12.6. The fourth-order valence-electron chi connectivity index (χ4n) is 1.60. The Kier molecular flexibility index (Phi) is 8.13. The van der Waals surface area contributed by atoms with Crippen LogP contribution < -0.4 is 0 Å². The van der Waals surface area contributed by atoms with Crippen molar-refractivity contribution in [1.82, 2.24) is 0 Å². The Morgan fingerprint density at radius 3 is 1.29 bits per heavy atom. The van der Waals surface area contributed by atoms with Gasteiger partial charge in [0.25, 0.3) is 0 Å². The van der Waals surface area contributed by atoms with E-state index in [9.17, 15) is 0 Å². The minimum Gasteiger partial charge on any atom is -0.0683 e. The second kappa shape index (κ2) is 8.81. The third-order valence-electron chi connectivity index (χ3n) is 2.36. The largest absolute Gasteiger partial charge is 0.0683 e. The second-order valence-electron chi connectivity index (χ2n) is 3.95. The summed E-state index contributed by atoms with van der Waals surface area (Å²) in [5, 5.41) is 2.75. The van der Waals surface area contributed by atoms with Crippen LogP contribution in [0.25, 0.3) is 10.8 Å². The van der Waals surface area contributed by atoms with E-state index >= 15 is 0 Å². The number of benzene rings is 2. The molecule has 0 aliphatic rings. The van der Waals surface area contributed by atoms with Crippen LogP contribution in [0.3, 0.4) is 0 Å². The summed E-state index contributed by atoms with van der Waals surface area (Å²) in [7, 11) is 0.